The first-order valence-electron chi connectivity index (χ1n) is 6.41. The van der Waals surface area contributed by atoms with Crippen molar-refractivity contribution >= 4 is 16.8 Å². The lowest BCUT2D eigenvalue weighted by molar-refractivity contribution is 0.0954. The standard InChI is InChI=1S/C14H19N3O2/c1-10(18)9-15-6-7-17-14(19)12-3-2-11-4-5-16-13(11)8-12/h2-5,8,10,15-16,18H,6-7,9H2,1H3,(H,17,19). The summed E-state index contributed by atoms with van der Waals surface area (Å²) in [5.41, 5.74) is 1.60. The van der Waals surface area contributed by atoms with Crippen LogP contribution in [0.15, 0.2) is 30.5 Å². The third-order valence-corrected chi connectivity index (χ3v) is 2.84. The van der Waals surface area contributed by atoms with Crippen LogP contribution in [0.2, 0.25) is 0 Å². The monoisotopic (exact) mass is 261 g/mol. The van der Waals surface area contributed by atoms with Crippen LogP contribution in [0.1, 0.15) is 17.3 Å². The van der Waals surface area contributed by atoms with E-state index in [1.54, 1.807) is 6.92 Å². The summed E-state index contributed by atoms with van der Waals surface area (Å²) in [6, 6.07) is 7.55. The fourth-order valence-corrected chi connectivity index (χ4v) is 1.87. The first-order chi connectivity index (χ1) is 9.16. The quantitative estimate of drug-likeness (QED) is 0.583. The zero-order chi connectivity index (χ0) is 13.7. The highest BCUT2D eigenvalue weighted by molar-refractivity contribution is 5.97. The Labute approximate surface area is 112 Å². The number of hydrogen-bond acceptors (Lipinski definition) is 3. The highest BCUT2D eigenvalue weighted by Crippen LogP contribution is 2.13. The molecule has 4 N–H and O–H groups in total. The molecular weight excluding hydrogens is 242 g/mol. The van der Waals surface area contributed by atoms with Gasteiger partial charge in [-0.15, -0.1) is 0 Å². The molecule has 1 unspecified atom stereocenters. The Balaban J connectivity index is 1.82. The molecule has 0 aliphatic heterocycles. The Kier molecular flexibility index (Phi) is 4.54. The molecule has 0 aliphatic carbocycles. The number of benzene rings is 1. The van der Waals surface area contributed by atoms with Gasteiger partial charge in [0.1, 0.15) is 0 Å². The van der Waals surface area contributed by atoms with Crippen LogP contribution >= 0.6 is 0 Å². The number of amides is 1. The van der Waals surface area contributed by atoms with Gasteiger partial charge < -0.3 is 20.7 Å². The van der Waals surface area contributed by atoms with E-state index in [4.69, 9.17) is 5.11 Å². The molecular formula is C14H19N3O2. The lowest BCUT2D eigenvalue weighted by Crippen LogP contribution is -2.34. The predicted octanol–water partition coefficient (Wildman–Crippen LogP) is 0.868. The van der Waals surface area contributed by atoms with Crippen LogP contribution in [0, 0.1) is 0 Å². The number of aromatic amines is 1. The van der Waals surface area contributed by atoms with Crippen LogP contribution in [0.5, 0.6) is 0 Å². The summed E-state index contributed by atoms with van der Waals surface area (Å²) in [7, 11) is 0. The zero-order valence-corrected chi connectivity index (χ0v) is 10.9. The van der Waals surface area contributed by atoms with Crippen molar-refractivity contribution in [2.75, 3.05) is 19.6 Å². The van der Waals surface area contributed by atoms with Gasteiger partial charge in [0.25, 0.3) is 5.91 Å². The molecule has 2 aromatic rings. The maximum Gasteiger partial charge on any atom is 0.251 e. The Morgan fingerprint density at radius 1 is 1.37 bits per heavy atom. The highest BCUT2D eigenvalue weighted by Gasteiger charge is 2.06. The summed E-state index contributed by atoms with van der Waals surface area (Å²) in [6.45, 7) is 3.43. The number of rotatable bonds is 6. The van der Waals surface area contributed by atoms with E-state index in [2.05, 4.69) is 15.6 Å². The van der Waals surface area contributed by atoms with Gasteiger partial charge >= 0.3 is 0 Å². The van der Waals surface area contributed by atoms with Crippen LogP contribution in [-0.4, -0.2) is 41.7 Å². The molecule has 0 bridgehead atoms. The summed E-state index contributed by atoms with van der Waals surface area (Å²) in [6.07, 6.45) is 1.48. The zero-order valence-electron chi connectivity index (χ0n) is 10.9. The molecule has 1 atom stereocenters. The number of H-pyrrole nitrogens is 1. The minimum absolute atomic E-state index is 0.0876. The number of aliphatic hydroxyl groups excluding tert-OH is 1. The Morgan fingerprint density at radius 3 is 3.00 bits per heavy atom. The van der Waals surface area contributed by atoms with Crippen molar-refractivity contribution in [1.29, 1.82) is 0 Å². The summed E-state index contributed by atoms with van der Waals surface area (Å²) >= 11 is 0. The average molecular weight is 261 g/mol. The van der Waals surface area contributed by atoms with E-state index in [0.29, 0.717) is 25.2 Å². The number of nitrogens with one attached hydrogen (secondary N) is 3. The summed E-state index contributed by atoms with van der Waals surface area (Å²) < 4.78 is 0. The predicted molar refractivity (Wildman–Crippen MR) is 75.2 cm³/mol. The summed E-state index contributed by atoms with van der Waals surface area (Å²) in [4.78, 5) is 15.0. The molecule has 0 radical (unpaired) electrons. The van der Waals surface area contributed by atoms with Crippen LogP contribution in [0.3, 0.4) is 0 Å². The second-order valence-corrected chi connectivity index (χ2v) is 4.59. The Hall–Kier alpha value is -1.85. The second kappa shape index (κ2) is 6.36. The molecule has 0 saturated heterocycles. The number of fused-ring (bicyclic) bond motifs is 1. The van der Waals surface area contributed by atoms with Gasteiger partial charge in [-0.25, -0.2) is 0 Å². The lowest BCUT2D eigenvalue weighted by Gasteiger charge is -2.08. The van der Waals surface area contributed by atoms with Crippen molar-refractivity contribution in [1.82, 2.24) is 15.6 Å². The van der Waals surface area contributed by atoms with Crippen LogP contribution in [0.4, 0.5) is 0 Å². The number of carbonyl (C=O) groups is 1. The van der Waals surface area contributed by atoms with Crippen molar-refractivity contribution in [2.45, 2.75) is 13.0 Å². The molecule has 19 heavy (non-hydrogen) atoms. The summed E-state index contributed by atoms with van der Waals surface area (Å²) in [5, 5.41) is 16.0. The van der Waals surface area contributed by atoms with Gasteiger partial charge in [-0.05, 0) is 30.5 Å². The molecule has 0 saturated carbocycles. The molecule has 0 fully saturated rings. The van der Waals surface area contributed by atoms with Gasteiger partial charge in [0.2, 0.25) is 0 Å². The van der Waals surface area contributed by atoms with Gasteiger partial charge in [-0.2, -0.15) is 0 Å². The Bertz CT molecular complexity index is 548. The largest absolute Gasteiger partial charge is 0.392 e. The number of carbonyl (C=O) groups excluding carboxylic acids is 1. The molecule has 1 aromatic heterocycles. The van der Waals surface area contributed by atoms with E-state index >= 15 is 0 Å². The minimum atomic E-state index is -0.369. The molecule has 1 amide bonds. The van der Waals surface area contributed by atoms with Crippen molar-refractivity contribution in [3.8, 4) is 0 Å². The second-order valence-electron chi connectivity index (χ2n) is 4.59. The van der Waals surface area contributed by atoms with Gasteiger partial charge in [-0.1, -0.05) is 6.07 Å². The SMILES string of the molecule is CC(O)CNCCNC(=O)c1ccc2cc[nH]c2c1. The minimum Gasteiger partial charge on any atom is -0.392 e. The lowest BCUT2D eigenvalue weighted by atomic mass is 10.1. The van der Waals surface area contributed by atoms with Gasteiger partial charge in [0, 0.05) is 36.9 Å². The van der Waals surface area contributed by atoms with Crippen LogP contribution in [0.25, 0.3) is 10.9 Å². The van der Waals surface area contributed by atoms with Crippen LogP contribution < -0.4 is 10.6 Å². The Morgan fingerprint density at radius 2 is 2.21 bits per heavy atom. The molecule has 102 valence electrons. The van der Waals surface area contributed by atoms with E-state index in [1.165, 1.54) is 0 Å². The maximum atomic E-state index is 11.9. The van der Waals surface area contributed by atoms with Crippen molar-refractivity contribution in [3.05, 3.63) is 36.0 Å². The molecule has 0 spiro atoms. The smallest absolute Gasteiger partial charge is 0.251 e. The van der Waals surface area contributed by atoms with Gasteiger partial charge in [0.15, 0.2) is 0 Å². The fourth-order valence-electron chi connectivity index (χ4n) is 1.87. The third kappa shape index (κ3) is 3.81. The normalized spacial score (nSPS) is 12.5. The summed E-state index contributed by atoms with van der Waals surface area (Å²) in [5.74, 6) is -0.0876. The van der Waals surface area contributed by atoms with Crippen molar-refractivity contribution in [3.63, 3.8) is 0 Å². The van der Waals surface area contributed by atoms with Gasteiger partial charge in [-0.3, -0.25) is 4.79 Å². The number of aromatic nitrogens is 1. The third-order valence-electron chi connectivity index (χ3n) is 2.84. The maximum absolute atomic E-state index is 11.9. The number of hydrogen-bond donors (Lipinski definition) is 4. The van der Waals surface area contributed by atoms with Crippen molar-refractivity contribution in [2.24, 2.45) is 0 Å². The fraction of sp³-hybridized carbons (Fsp3) is 0.357. The van der Waals surface area contributed by atoms with E-state index in [1.807, 2.05) is 30.5 Å². The molecule has 1 heterocycles. The van der Waals surface area contributed by atoms with E-state index < -0.39 is 0 Å². The van der Waals surface area contributed by atoms with Crippen LogP contribution in [-0.2, 0) is 0 Å². The molecule has 5 heteroatoms. The van der Waals surface area contributed by atoms with E-state index in [0.717, 1.165) is 10.9 Å². The average Bonchev–Trinajstić information content (AvgIpc) is 2.84. The highest BCUT2D eigenvalue weighted by atomic mass is 16.3. The van der Waals surface area contributed by atoms with Gasteiger partial charge in [0.05, 0.1) is 6.10 Å². The molecule has 1 aromatic carbocycles. The topological polar surface area (TPSA) is 77.2 Å². The first kappa shape index (κ1) is 13.6. The molecule has 0 aliphatic rings. The first-order valence-corrected chi connectivity index (χ1v) is 6.41. The number of aliphatic hydroxyl groups is 1. The van der Waals surface area contributed by atoms with Crippen molar-refractivity contribution < 1.29 is 9.90 Å². The van der Waals surface area contributed by atoms with E-state index in [-0.39, 0.29) is 12.0 Å². The molecule has 5 nitrogen and oxygen atoms in total. The van der Waals surface area contributed by atoms with E-state index in [9.17, 15) is 4.79 Å². The molecule has 2 rings (SSSR count).